The molecule has 0 spiro atoms. The third kappa shape index (κ3) is 5.41. The van der Waals surface area contributed by atoms with Gasteiger partial charge in [0.1, 0.15) is 6.04 Å². The van der Waals surface area contributed by atoms with Crippen LogP contribution in [-0.2, 0) is 9.59 Å². The topological polar surface area (TPSA) is 112 Å². The van der Waals surface area contributed by atoms with Gasteiger partial charge in [-0.05, 0) is 53.4 Å². The van der Waals surface area contributed by atoms with E-state index < -0.39 is 23.5 Å². The number of benzene rings is 1. The van der Waals surface area contributed by atoms with Gasteiger partial charge in [0.05, 0.1) is 11.1 Å². The summed E-state index contributed by atoms with van der Waals surface area (Å²) in [5.74, 6) is -1.48. The lowest BCUT2D eigenvalue weighted by molar-refractivity contribution is -0.158. The van der Waals surface area contributed by atoms with E-state index in [1.165, 1.54) is 11.3 Å². The maximum Gasteiger partial charge on any atom is 0.311 e. The summed E-state index contributed by atoms with van der Waals surface area (Å²) in [6.45, 7) is 8.39. The Balaban J connectivity index is 1.43. The minimum Gasteiger partial charge on any atom is -0.481 e. The molecular weight excluding hydrogens is 464 g/mol. The second kappa shape index (κ2) is 9.70. The Bertz CT molecular complexity index is 1100. The summed E-state index contributed by atoms with van der Waals surface area (Å²) in [6.07, 6.45) is 2.31. The third-order valence-corrected chi connectivity index (χ3v) is 7.85. The summed E-state index contributed by atoms with van der Waals surface area (Å²) in [5.41, 5.74) is 0.468. The molecule has 4 atom stereocenters. The number of aromatic nitrogens is 1. The van der Waals surface area contributed by atoms with Gasteiger partial charge in [0.15, 0.2) is 5.01 Å². The molecule has 9 heteroatoms. The molecule has 2 aromatic rings. The van der Waals surface area contributed by atoms with Crippen LogP contribution in [0.3, 0.4) is 0 Å². The zero-order valence-corrected chi connectivity index (χ0v) is 21.5. The Hall–Kier alpha value is -2.78. The first-order chi connectivity index (χ1) is 16.5. The Morgan fingerprint density at radius 3 is 2.54 bits per heavy atom. The number of carbonyl (C=O) groups is 3. The van der Waals surface area contributed by atoms with Gasteiger partial charge >= 0.3 is 5.97 Å². The van der Waals surface area contributed by atoms with Crippen molar-refractivity contribution in [2.24, 2.45) is 5.41 Å². The van der Waals surface area contributed by atoms with Crippen LogP contribution in [0.2, 0.25) is 0 Å². The van der Waals surface area contributed by atoms with Crippen LogP contribution >= 0.6 is 11.3 Å². The number of carboxylic acids is 1. The first-order valence-corrected chi connectivity index (χ1v) is 13.0. The summed E-state index contributed by atoms with van der Waals surface area (Å²) in [7, 11) is 0. The first-order valence-electron chi connectivity index (χ1n) is 12.1. The molecule has 1 aromatic heterocycles. The van der Waals surface area contributed by atoms with Crippen molar-refractivity contribution in [3.05, 3.63) is 40.7 Å². The number of hydrogen-bond donors (Lipinski definition) is 3. The van der Waals surface area contributed by atoms with Crippen LogP contribution in [-0.4, -0.2) is 63.0 Å². The van der Waals surface area contributed by atoms with Crippen LogP contribution in [0.15, 0.2) is 35.7 Å². The Kier molecular flexibility index (Phi) is 7.02. The lowest BCUT2D eigenvalue weighted by Gasteiger charge is -2.47. The fourth-order valence-corrected chi connectivity index (χ4v) is 6.11. The van der Waals surface area contributed by atoms with E-state index in [1.54, 1.807) is 11.8 Å². The van der Waals surface area contributed by atoms with Crippen molar-refractivity contribution in [3.63, 3.8) is 0 Å². The third-order valence-electron chi connectivity index (χ3n) is 7.01. The van der Waals surface area contributed by atoms with Gasteiger partial charge in [0, 0.05) is 35.1 Å². The smallest absolute Gasteiger partial charge is 0.311 e. The highest BCUT2D eigenvalue weighted by Gasteiger charge is 2.52. The molecule has 3 N–H and O–H groups in total. The molecule has 8 nitrogen and oxygen atoms in total. The Morgan fingerprint density at radius 2 is 1.89 bits per heavy atom. The average molecular weight is 499 g/mol. The zero-order valence-electron chi connectivity index (χ0n) is 20.7. The molecule has 188 valence electrons. The van der Waals surface area contributed by atoms with Gasteiger partial charge in [0.25, 0.3) is 5.91 Å². The number of carboxylic acid groups (broad SMARTS) is 1. The number of nitrogens with zero attached hydrogens (tertiary/aromatic N) is 2. The standard InChI is InChI=1S/C26H34N4O4S/c1-25(2,3)29-17-10-11-20(26(4,14-17)24(33)34)30-13-12-18(23(30)32)27-21(31)22-28-19(15-35-22)16-8-6-5-7-9-16/h5-9,15,17-18,20,29H,10-14H2,1-4H3,(H,27,31)(H,33,34)/t17?,18-,20?,26?/m0/s1. The minimum absolute atomic E-state index is 0.0734. The lowest BCUT2D eigenvalue weighted by atomic mass is 9.68. The SMILES string of the molecule is CC(C)(C)NC1CCC(N2CC[C@H](NC(=O)c3nc(-c4ccccc4)cs3)C2=O)C(C)(C(=O)O)C1. The summed E-state index contributed by atoms with van der Waals surface area (Å²) < 4.78 is 0. The number of amides is 2. The quantitative estimate of drug-likeness (QED) is 0.562. The number of nitrogens with one attached hydrogen (secondary N) is 2. The van der Waals surface area contributed by atoms with E-state index in [0.717, 1.165) is 17.7 Å². The van der Waals surface area contributed by atoms with Crippen molar-refractivity contribution in [1.82, 2.24) is 20.5 Å². The fourth-order valence-electron chi connectivity index (χ4n) is 5.38. The monoisotopic (exact) mass is 498 g/mol. The van der Waals surface area contributed by atoms with Gasteiger partial charge in [-0.1, -0.05) is 30.3 Å². The second-order valence-corrected chi connectivity index (χ2v) is 11.7. The number of aliphatic carboxylic acids is 1. The molecule has 2 fully saturated rings. The number of carbonyl (C=O) groups excluding carboxylic acids is 2. The van der Waals surface area contributed by atoms with Crippen molar-refractivity contribution in [1.29, 1.82) is 0 Å². The normalized spacial score (nSPS) is 27.1. The number of hydrogen-bond acceptors (Lipinski definition) is 6. The van der Waals surface area contributed by atoms with E-state index in [4.69, 9.17) is 0 Å². The van der Waals surface area contributed by atoms with Gasteiger partial charge in [-0.25, -0.2) is 4.98 Å². The van der Waals surface area contributed by atoms with Crippen LogP contribution in [0, 0.1) is 5.41 Å². The summed E-state index contributed by atoms with van der Waals surface area (Å²) in [6, 6.07) is 8.61. The molecule has 0 radical (unpaired) electrons. The van der Waals surface area contributed by atoms with Crippen LogP contribution in [0.5, 0.6) is 0 Å². The molecule has 2 aliphatic rings. The molecule has 2 heterocycles. The minimum atomic E-state index is -1.06. The molecule has 1 saturated carbocycles. The Labute approximate surface area is 210 Å². The zero-order chi connectivity index (χ0) is 25.4. The second-order valence-electron chi connectivity index (χ2n) is 10.9. The van der Waals surface area contributed by atoms with Gasteiger partial charge < -0.3 is 20.6 Å². The van der Waals surface area contributed by atoms with E-state index in [2.05, 4.69) is 36.4 Å². The van der Waals surface area contributed by atoms with E-state index >= 15 is 0 Å². The first kappa shape index (κ1) is 25.3. The fraction of sp³-hybridized carbons (Fsp3) is 0.538. The highest BCUT2D eigenvalue weighted by Crippen LogP contribution is 2.41. The molecule has 3 unspecified atom stereocenters. The molecule has 1 aliphatic heterocycles. The van der Waals surface area contributed by atoms with Crippen molar-refractivity contribution in [2.45, 2.75) is 77.0 Å². The predicted molar refractivity (Wildman–Crippen MR) is 135 cm³/mol. The number of likely N-dealkylation sites (tertiary alicyclic amines) is 1. The van der Waals surface area contributed by atoms with Crippen molar-refractivity contribution in [3.8, 4) is 11.3 Å². The molecule has 1 aliphatic carbocycles. The highest BCUT2D eigenvalue weighted by atomic mass is 32.1. The summed E-state index contributed by atoms with van der Waals surface area (Å²) in [5, 5.41) is 18.6. The molecule has 2 amide bonds. The predicted octanol–water partition coefficient (Wildman–Crippen LogP) is 3.54. The van der Waals surface area contributed by atoms with Gasteiger partial charge in [0.2, 0.25) is 5.91 Å². The average Bonchev–Trinajstić information content (AvgIpc) is 3.41. The molecule has 4 rings (SSSR count). The van der Waals surface area contributed by atoms with E-state index in [-0.39, 0.29) is 23.4 Å². The largest absolute Gasteiger partial charge is 0.481 e. The molecule has 1 saturated heterocycles. The number of rotatable bonds is 6. The van der Waals surface area contributed by atoms with Crippen molar-refractivity contribution < 1.29 is 19.5 Å². The maximum atomic E-state index is 13.3. The molecule has 35 heavy (non-hydrogen) atoms. The summed E-state index contributed by atoms with van der Waals surface area (Å²) >= 11 is 1.24. The van der Waals surface area contributed by atoms with E-state index in [0.29, 0.717) is 30.8 Å². The van der Waals surface area contributed by atoms with Crippen molar-refractivity contribution in [2.75, 3.05) is 6.54 Å². The van der Waals surface area contributed by atoms with E-state index in [9.17, 15) is 19.5 Å². The molecular formula is C26H34N4O4S. The van der Waals surface area contributed by atoms with Gasteiger partial charge in [-0.2, -0.15) is 0 Å². The lowest BCUT2D eigenvalue weighted by Crippen LogP contribution is -2.59. The van der Waals surface area contributed by atoms with E-state index in [1.807, 2.05) is 35.7 Å². The maximum absolute atomic E-state index is 13.3. The van der Waals surface area contributed by atoms with Crippen LogP contribution in [0.4, 0.5) is 0 Å². The van der Waals surface area contributed by atoms with Crippen LogP contribution in [0.25, 0.3) is 11.3 Å². The Morgan fingerprint density at radius 1 is 1.17 bits per heavy atom. The van der Waals surface area contributed by atoms with Gasteiger partial charge in [-0.3, -0.25) is 14.4 Å². The summed E-state index contributed by atoms with van der Waals surface area (Å²) in [4.78, 5) is 44.7. The molecule has 1 aromatic carbocycles. The van der Waals surface area contributed by atoms with Crippen LogP contribution < -0.4 is 10.6 Å². The van der Waals surface area contributed by atoms with Crippen molar-refractivity contribution >= 4 is 29.1 Å². The number of thiazole rings is 1. The molecule has 0 bridgehead atoms. The highest BCUT2D eigenvalue weighted by molar-refractivity contribution is 7.12. The van der Waals surface area contributed by atoms with Crippen LogP contribution in [0.1, 0.15) is 63.2 Å². The van der Waals surface area contributed by atoms with Gasteiger partial charge in [-0.15, -0.1) is 11.3 Å².